The number of thiophene rings is 1. The molecule has 0 saturated carbocycles. The largest absolute Gasteiger partial charge is 0.463 e. The Morgan fingerprint density at radius 2 is 2.19 bits per heavy atom. The average Bonchev–Trinajstić information content (AvgIpc) is 3.24. The molecule has 0 aliphatic carbocycles. The summed E-state index contributed by atoms with van der Waals surface area (Å²) in [5.74, 6) is -0.407. The molecule has 2 aliphatic rings. The Morgan fingerprint density at radius 1 is 1.38 bits per heavy atom. The Bertz CT molecular complexity index is 797. The van der Waals surface area contributed by atoms with E-state index in [9.17, 15) is 9.59 Å². The number of nitrogens with zero attached hydrogens (tertiary/aromatic N) is 2. The van der Waals surface area contributed by atoms with Crippen LogP contribution >= 0.6 is 23.1 Å². The fourth-order valence-electron chi connectivity index (χ4n) is 2.98. The van der Waals surface area contributed by atoms with Gasteiger partial charge in [-0.3, -0.25) is 4.79 Å². The molecule has 6 nitrogen and oxygen atoms in total. The molecule has 0 radical (unpaired) electrons. The second-order valence-electron chi connectivity index (χ2n) is 5.76. The van der Waals surface area contributed by atoms with Crippen LogP contribution in [0.25, 0.3) is 0 Å². The van der Waals surface area contributed by atoms with Gasteiger partial charge in [0.2, 0.25) is 5.91 Å². The van der Waals surface area contributed by atoms with Crippen LogP contribution in [0.1, 0.15) is 38.1 Å². The zero-order valence-electron chi connectivity index (χ0n) is 14.9. The van der Waals surface area contributed by atoms with Gasteiger partial charge in [-0.25, -0.2) is 9.79 Å². The van der Waals surface area contributed by atoms with Gasteiger partial charge in [-0.15, -0.1) is 11.3 Å². The van der Waals surface area contributed by atoms with Crippen LogP contribution in [-0.2, 0) is 14.3 Å². The fraction of sp³-hybridized carbons (Fsp3) is 0.389. The van der Waals surface area contributed by atoms with Crippen LogP contribution in [0.3, 0.4) is 0 Å². The number of esters is 1. The number of amidine groups is 1. The minimum absolute atomic E-state index is 0.0468. The standard InChI is InChI=1S/C18H21N3O3S2/c1-4-19-14(22)9-12-10-26-18-20-11(3)15(17(23)24-5-2)16(21(12)18)13-7-6-8-25-13/h6-8,10,16H,4-5,9H2,1-3H3,(H,19,22). The Kier molecular flexibility index (Phi) is 5.83. The second kappa shape index (κ2) is 8.09. The van der Waals surface area contributed by atoms with Crippen molar-refractivity contribution in [1.82, 2.24) is 10.2 Å². The smallest absolute Gasteiger partial charge is 0.338 e. The highest BCUT2D eigenvalue weighted by molar-refractivity contribution is 8.16. The third kappa shape index (κ3) is 3.57. The molecular weight excluding hydrogens is 370 g/mol. The number of nitrogens with one attached hydrogen (secondary N) is 1. The number of ether oxygens (including phenoxy) is 1. The number of carbonyl (C=O) groups excluding carboxylic acids is 2. The molecule has 1 amide bonds. The SMILES string of the molecule is CCNC(=O)CC1=CSC2=NC(C)=C(C(=O)OCC)C(c3cccs3)N12. The Labute approximate surface area is 161 Å². The first-order valence-electron chi connectivity index (χ1n) is 8.48. The lowest BCUT2D eigenvalue weighted by Gasteiger charge is -2.35. The first-order valence-corrected chi connectivity index (χ1v) is 10.2. The lowest BCUT2D eigenvalue weighted by molar-refractivity contribution is -0.139. The van der Waals surface area contributed by atoms with Gasteiger partial charge in [0, 0.05) is 17.1 Å². The van der Waals surface area contributed by atoms with Crippen molar-refractivity contribution in [3.63, 3.8) is 0 Å². The van der Waals surface area contributed by atoms with E-state index in [1.165, 1.54) is 11.8 Å². The van der Waals surface area contributed by atoms with Crippen molar-refractivity contribution in [2.75, 3.05) is 13.2 Å². The van der Waals surface area contributed by atoms with Gasteiger partial charge >= 0.3 is 5.97 Å². The molecule has 26 heavy (non-hydrogen) atoms. The van der Waals surface area contributed by atoms with Crippen LogP contribution in [0.5, 0.6) is 0 Å². The number of hydrogen-bond donors (Lipinski definition) is 1. The van der Waals surface area contributed by atoms with Crippen molar-refractivity contribution in [2.24, 2.45) is 4.99 Å². The maximum Gasteiger partial charge on any atom is 0.338 e. The molecule has 8 heteroatoms. The molecule has 138 valence electrons. The maximum atomic E-state index is 12.7. The Hall–Kier alpha value is -2.06. The summed E-state index contributed by atoms with van der Waals surface area (Å²) in [6.07, 6.45) is 0.247. The molecule has 2 aliphatic heterocycles. The molecule has 1 N–H and O–H groups in total. The van der Waals surface area contributed by atoms with Crippen molar-refractivity contribution in [2.45, 2.75) is 33.2 Å². The summed E-state index contributed by atoms with van der Waals surface area (Å²) >= 11 is 3.05. The number of hydrogen-bond acceptors (Lipinski definition) is 7. The maximum absolute atomic E-state index is 12.7. The molecule has 0 spiro atoms. The van der Waals surface area contributed by atoms with Gasteiger partial charge in [-0.1, -0.05) is 17.8 Å². The van der Waals surface area contributed by atoms with Crippen molar-refractivity contribution in [1.29, 1.82) is 0 Å². The summed E-state index contributed by atoms with van der Waals surface area (Å²) in [5, 5.41) is 7.53. The zero-order valence-corrected chi connectivity index (χ0v) is 16.6. The van der Waals surface area contributed by atoms with E-state index in [0.29, 0.717) is 24.4 Å². The van der Waals surface area contributed by atoms with E-state index in [0.717, 1.165) is 15.7 Å². The summed E-state index contributed by atoms with van der Waals surface area (Å²) in [5.41, 5.74) is 2.03. The average molecular weight is 392 g/mol. The molecule has 0 bridgehead atoms. The van der Waals surface area contributed by atoms with Gasteiger partial charge in [-0.05, 0) is 37.6 Å². The van der Waals surface area contributed by atoms with Gasteiger partial charge in [0.05, 0.1) is 24.3 Å². The van der Waals surface area contributed by atoms with Crippen LogP contribution < -0.4 is 5.32 Å². The van der Waals surface area contributed by atoms with Crippen molar-refractivity contribution in [3.8, 4) is 0 Å². The minimum atomic E-state index is -0.361. The predicted octanol–water partition coefficient (Wildman–Crippen LogP) is 3.41. The van der Waals surface area contributed by atoms with Crippen molar-refractivity contribution < 1.29 is 14.3 Å². The quantitative estimate of drug-likeness (QED) is 0.753. The summed E-state index contributed by atoms with van der Waals surface area (Å²) < 4.78 is 5.29. The molecule has 1 aromatic heterocycles. The van der Waals surface area contributed by atoms with Crippen molar-refractivity contribution >= 4 is 40.1 Å². The predicted molar refractivity (Wildman–Crippen MR) is 105 cm³/mol. The van der Waals surface area contributed by atoms with Crippen LogP contribution in [-0.4, -0.2) is 35.1 Å². The number of thioether (sulfide) groups is 1. The monoisotopic (exact) mass is 391 g/mol. The van der Waals surface area contributed by atoms with Crippen LogP contribution in [0.2, 0.25) is 0 Å². The summed E-state index contributed by atoms with van der Waals surface area (Å²) in [7, 11) is 0. The molecule has 3 heterocycles. The molecule has 3 rings (SSSR count). The molecule has 1 atom stereocenters. The fourth-order valence-corrected chi connectivity index (χ4v) is 4.77. The topological polar surface area (TPSA) is 71.0 Å². The third-order valence-electron chi connectivity index (χ3n) is 4.02. The van der Waals surface area contributed by atoms with E-state index in [2.05, 4.69) is 10.3 Å². The first-order chi connectivity index (χ1) is 12.6. The van der Waals surface area contributed by atoms with Gasteiger partial charge in [0.1, 0.15) is 6.04 Å². The van der Waals surface area contributed by atoms with E-state index >= 15 is 0 Å². The van der Waals surface area contributed by atoms with Crippen molar-refractivity contribution in [3.05, 3.63) is 44.8 Å². The van der Waals surface area contributed by atoms with Gasteiger partial charge < -0.3 is 15.0 Å². The third-order valence-corrected chi connectivity index (χ3v) is 5.84. The summed E-state index contributed by atoms with van der Waals surface area (Å²) in [6.45, 7) is 6.40. The van der Waals surface area contributed by atoms with Gasteiger partial charge in [0.15, 0.2) is 5.17 Å². The van der Waals surface area contributed by atoms with Crippen LogP contribution in [0, 0.1) is 0 Å². The second-order valence-corrected chi connectivity index (χ2v) is 7.58. The molecule has 0 fully saturated rings. The first kappa shape index (κ1) is 18.7. The highest BCUT2D eigenvalue weighted by Gasteiger charge is 2.41. The Morgan fingerprint density at radius 3 is 2.85 bits per heavy atom. The van der Waals surface area contributed by atoms with Crippen LogP contribution in [0.4, 0.5) is 0 Å². The van der Waals surface area contributed by atoms with E-state index < -0.39 is 0 Å². The number of fused-ring (bicyclic) bond motifs is 1. The van der Waals surface area contributed by atoms with E-state index in [4.69, 9.17) is 4.74 Å². The van der Waals surface area contributed by atoms with Gasteiger partial charge in [0.25, 0.3) is 0 Å². The van der Waals surface area contributed by atoms with E-state index in [1.807, 2.05) is 41.7 Å². The highest BCUT2D eigenvalue weighted by atomic mass is 32.2. The molecular formula is C18H21N3O3S2. The normalized spacial score (nSPS) is 19.0. The highest BCUT2D eigenvalue weighted by Crippen LogP contribution is 2.45. The Balaban J connectivity index is 2.00. The molecule has 0 aromatic carbocycles. The summed E-state index contributed by atoms with van der Waals surface area (Å²) in [4.78, 5) is 32.4. The number of aliphatic imine (C=N–C) groups is 1. The zero-order chi connectivity index (χ0) is 18.7. The number of allylic oxidation sites excluding steroid dienone is 1. The van der Waals surface area contributed by atoms with Crippen LogP contribution in [0.15, 0.2) is 44.9 Å². The molecule has 1 aromatic rings. The minimum Gasteiger partial charge on any atom is -0.463 e. The number of carbonyl (C=O) groups is 2. The van der Waals surface area contributed by atoms with Gasteiger partial charge in [-0.2, -0.15) is 0 Å². The molecule has 0 saturated heterocycles. The summed E-state index contributed by atoms with van der Waals surface area (Å²) in [6, 6.07) is 3.63. The number of rotatable bonds is 6. The lowest BCUT2D eigenvalue weighted by Crippen LogP contribution is -2.37. The number of amides is 1. The lowest BCUT2D eigenvalue weighted by atomic mass is 9.99. The molecule has 1 unspecified atom stereocenters. The van der Waals surface area contributed by atoms with E-state index in [1.54, 1.807) is 18.3 Å². The van der Waals surface area contributed by atoms with E-state index in [-0.39, 0.29) is 24.3 Å².